The Hall–Kier alpha value is -1.49. The third-order valence-electron chi connectivity index (χ3n) is 2.39. The zero-order valence-electron chi connectivity index (χ0n) is 9.25. The van der Waals surface area contributed by atoms with Crippen LogP contribution in [0.25, 0.3) is 0 Å². The highest BCUT2D eigenvalue weighted by Gasteiger charge is 2.08. The fourth-order valence-corrected chi connectivity index (χ4v) is 2.66. The minimum absolute atomic E-state index is 0.290. The van der Waals surface area contributed by atoms with Crippen LogP contribution in [0.15, 0.2) is 47.9 Å². The van der Waals surface area contributed by atoms with E-state index in [1.165, 1.54) is 6.07 Å². The zero-order chi connectivity index (χ0) is 12.1. The number of imidazole rings is 1. The second-order valence-electron chi connectivity index (χ2n) is 3.63. The summed E-state index contributed by atoms with van der Waals surface area (Å²) in [5.74, 6) is 0.0625. The van der Waals surface area contributed by atoms with Gasteiger partial charge in [0.25, 0.3) is 0 Å². The minimum atomic E-state index is -1.27. The first kappa shape index (κ1) is 12.0. The highest BCUT2D eigenvalue weighted by Crippen LogP contribution is 2.12. The van der Waals surface area contributed by atoms with Gasteiger partial charge in [0.15, 0.2) is 0 Å². The van der Waals surface area contributed by atoms with Crippen molar-refractivity contribution in [2.75, 3.05) is 5.75 Å². The van der Waals surface area contributed by atoms with Gasteiger partial charge in [-0.15, -0.1) is 0 Å². The molecule has 0 N–H and O–H groups in total. The van der Waals surface area contributed by atoms with Crippen LogP contribution in [0.4, 0.5) is 4.39 Å². The second-order valence-corrected chi connectivity index (χ2v) is 5.17. The lowest BCUT2D eigenvalue weighted by Gasteiger charge is -2.04. The summed E-state index contributed by atoms with van der Waals surface area (Å²) in [6.07, 6.45) is 6.00. The molecule has 2 rings (SSSR count). The molecule has 90 valence electrons. The number of aromatic nitrogens is 2. The average molecular weight is 252 g/mol. The molecule has 0 radical (unpaired) electrons. The van der Waals surface area contributed by atoms with Gasteiger partial charge in [0, 0.05) is 24.7 Å². The van der Waals surface area contributed by atoms with E-state index < -0.39 is 16.6 Å². The molecule has 1 aromatic heterocycles. The van der Waals surface area contributed by atoms with E-state index in [0.29, 0.717) is 5.75 Å². The van der Waals surface area contributed by atoms with Gasteiger partial charge in [0.2, 0.25) is 0 Å². The monoisotopic (exact) mass is 252 g/mol. The molecule has 0 fully saturated rings. The van der Waals surface area contributed by atoms with Crippen molar-refractivity contribution in [2.24, 2.45) is 0 Å². The lowest BCUT2D eigenvalue weighted by atomic mass is 10.3. The van der Waals surface area contributed by atoms with Crippen molar-refractivity contribution in [3.8, 4) is 0 Å². The summed E-state index contributed by atoms with van der Waals surface area (Å²) in [5, 5.41) is 0. The van der Waals surface area contributed by atoms with E-state index in [9.17, 15) is 8.60 Å². The number of benzene rings is 1. The summed E-state index contributed by atoms with van der Waals surface area (Å²) in [6, 6.07) is 6.21. The van der Waals surface area contributed by atoms with Crippen molar-refractivity contribution in [3.63, 3.8) is 0 Å². The predicted molar refractivity (Wildman–Crippen MR) is 64.5 cm³/mol. The maximum atomic E-state index is 13.3. The van der Waals surface area contributed by atoms with Gasteiger partial charge in [0.1, 0.15) is 5.82 Å². The van der Waals surface area contributed by atoms with Crippen LogP contribution in [0.5, 0.6) is 0 Å². The highest BCUT2D eigenvalue weighted by atomic mass is 32.2. The molecular formula is C12H13FN2OS. The first-order chi connectivity index (χ1) is 8.27. The molecule has 1 heterocycles. The third kappa shape index (κ3) is 3.23. The topological polar surface area (TPSA) is 34.9 Å². The number of halogens is 1. The van der Waals surface area contributed by atoms with Gasteiger partial charge >= 0.3 is 0 Å². The standard InChI is InChI=1S/C12H13FN2OS/c13-11-4-1-2-5-12(11)17(16)9-3-7-15-8-6-14-10-15/h1-2,4-6,8,10H,3,7,9H2. The Labute approximate surface area is 102 Å². The van der Waals surface area contributed by atoms with Crippen molar-refractivity contribution in [3.05, 3.63) is 48.8 Å². The van der Waals surface area contributed by atoms with E-state index >= 15 is 0 Å². The van der Waals surface area contributed by atoms with E-state index in [1.807, 2.05) is 10.8 Å². The van der Waals surface area contributed by atoms with Crippen LogP contribution < -0.4 is 0 Å². The van der Waals surface area contributed by atoms with E-state index in [-0.39, 0.29) is 4.90 Å². The van der Waals surface area contributed by atoms with E-state index in [1.54, 1.807) is 30.7 Å². The fraction of sp³-hybridized carbons (Fsp3) is 0.250. The number of rotatable bonds is 5. The Bertz CT molecular complexity index is 499. The molecule has 0 aliphatic heterocycles. The SMILES string of the molecule is O=S(CCCn1ccnc1)c1ccccc1F. The maximum Gasteiger partial charge on any atom is 0.139 e. The Morgan fingerprint density at radius 3 is 2.88 bits per heavy atom. The maximum absolute atomic E-state index is 13.3. The van der Waals surface area contributed by atoms with Crippen LogP contribution in [-0.2, 0) is 17.3 Å². The lowest BCUT2D eigenvalue weighted by molar-refractivity contribution is 0.593. The van der Waals surface area contributed by atoms with E-state index in [2.05, 4.69) is 4.98 Å². The van der Waals surface area contributed by atoms with Gasteiger partial charge in [-0.05, 0) is 18.6 Å². The molecule has 0 aliphatic carbocycles. The number of aryl methyl sites for hydroxylation is 1. The predicted octanol–water partition coefficient (Wildman–Crippen LogP) is 2.22. The lowest BCUT2D eigenvalue weighted by Crippen LogP contribution is -2.04. The second kappa shape index (κ2) is 5.72. The molecule has 1 atom stereocenters. The smallest absolute Gasteiger partial charge is 0.139 e. The van der Waals surface area contributed by atoms with Gasteiger partial charge < -0.3 is 4.57 Å². The van der Waals surface area contributed by atoms with Crippen LogP contribution in [0.3, 0.4) is 0 Å². The normalized spacial score (nSPS) is 12.5. The first-order valence-corrected chi connectivity index (χ1v) is 6.68. The van der Waals surface area contributed by atoms with Crippen molar-refractivity contribution in [1.82, 2.24) is 9.55 Å². The Kier molecular flexibility index (Phi) is 4.03. The molecular weight excluding hydrogens is 239 g/mol. The summed E-state index contributed by atoms with van der Waals surface area (Å²) >= 11 is 0. The van der Waals surface area contributed by atoms with Gasteiger partial charge in [-0.1, -0.05) is 12.1 Å². The van der Waals surface area contributed by atoms with Crippen molar-refractivity contribution < 1.29 is 8.60 Å². The number of hydrogen-bond acceptors (Lipinski definition) is 2. The molecule has 0 saturated heterocycles. The summed E-state index contributed by atoms with van der Waals surface area (Å²) in [5.41, 5.74) is 0. The van der Waals surface area contributed by atoms with Gasteiger partial charge in [-0.3, -0.25) is 4.21 Å². The molecule has 1 unspecified atom stereocenters. The van der Waals surface area contributed by atoms with Crippen molar-refractivity contribution in [2.45, 2.75) is 17.9 Å². The molecule has 2 aromatic rings. The van der Waals surface area contributed by atoms with Crippen LogP contribution >= 0.6 is 0 Å². The van der Waals surface area contributed by atoms with Gasteiger partial charge in [-0.25, -0.2) is 9.37 Å². The van der Waals surface area contributed by atoms with Crippen LogP contribution in [-0.4, -0.2) is 19.5 Å². The Morgan fingerprint density at radius 2 is 2.18 bits per heavy atom. The molecule has 0 aliphatic rings. The largest absolute Gasteiger partial charge is 0.337 e. The van der Waals surface area contributed by atoms with E-state index in [4.69, 9.17) is 0 Å². The Balaban J connectivity index is 1.88. The van der Waals surface area contributed by atoms with Gasteiger partial charge in [-0.2, -0.15) is 0 Å². The van der Waals surface area contributed by atoms with Crippen molar-refractivity contribution in [1.29, 1.82) is 0 Å². The minimum Gasteiger partial charge on any atom is -0.337 e. The molecule has 3 nitrogen and oxygen atoms in total. The molecule has 0 saturated carbocycles. The Morgan fingerprint density at radius 1 is 1.35 bits per heavy atom. The molecule has 17 heavy (non-hydrogen) atoms. The molecule has 5 heteroatoms. The molecule has 0 spiro atoms. The average Bonchev–Trinajstić information content (AvgIpc) is 2.82. The van der Waals surface area contributed by atoms with Crippen LogP contribution in [0, 0.1) is 5.82 Å². The summed E-state index contributed by atoms with van der Waals surface area (Å²) in [4.78, 5) is 4.21. The molecule has 1 aromatic carbocycles. The third-order valence-corrected chi connectivity index (χ3v) is 3.87. The van der Waals surface area contributed by atoms with E-state index in [0.717, 1.165) is 13.0 Å². The fourth-order valence-electron chi connectivity index (χ4n) is 1.54. The summed E-state index contributed by atoms with van der Waals surface area (Å²) in [6.45, 7) is 0.750. The molecule has 0 bridgehead atoms. The number of hydrogen-bond donors (Lipinski definition) is 0. The first-order valence-electron chi connectivity index (χ1n) is 5.36. The summed E-state index contributed by atoms with van der Waals surface area (Å²) in [7, 11) is -1.27. The van der Waals surface area contributed by atoms with Crippen LogP contribution in [0.2, 0.25) is 0 Å². The van der Waals surface area contributed by atoms with Crippen molar-refractivity contribution >= 4 is 10.8 Å². The summed E-state index contributed by atoms with van der Waals surface area (Å²) < 4.78 is 27.1. The number of nitrogens with zero attached hydrogens (tertiary/aromatic N) is 2. The molecule has 0 amide bonds. The quantitative estimate of drug-likeness (QED) is 0.818. The van der Waals surface area contributed by atoms with Crippen LogP contribution in [0.1, 0.15) is 6.42 Å². The highest BCUT2D eigenvalue weighted by molar-refractivity contribution is 7.85. The van der Waals surface area contributed by atoms with Gasteiger partial charge in [0.05, 0.1) is 22.0 Å². The zero-order valence-corrected chi connectivity index (χ0v) is 10.1.